The maximum atomic E-state index is 12.3. The number of para-hydroxylation sites is 1. The molecule has 1 aromatic rings. The van der Waals surface area contributed by atoms with Gasteiger partial charge in [-0.3, -0.25) is 5.32 Å². The Bertz CT molecular complexity index is 445. The number of carbonyl (C=O) groups is 1. The van der Waals surface area contributed by atoms with Gasteiger partial charge in [-0.1, -0.05) is 32.0 Å². The van der Waals surface area contributed by atoms with E-state index in [1.807, 2.05) is 38.1 Å². The van der Waals surface area contributed by atoms with Crippen molar-refractivity contribution in [2.24, 2.45) is 5.92 Å². The monoisotopic (exact) mass is 279 g/mol. The molecule has 4 heteroatoms. The molecule has 0 saturated carbocycles. The van der Waals surface area contributed by atoms with Gasteiger partial charge in [0, 0.05) is 5.56 Å². The van der Waals surface area contributed by atoms with Crippen LogP contribution in [0.15, 0.2) is 24.3 Å². The fourth-order valence-corrected chi connectivity index (χ4v) is 2.05. The summed E-state index contributed by atoms with van der Waals surface area (Å²) < 4.78 is 10.6. The van der Waals surface area contributed by atoms with E-state index in [-0.39, 0.29) is 5.97 Å². The zero-order valence-corrected chi connectivity index (χ0v) is 13.0. The van der Waals surface area contributed by atoms with Crippen LogP contribution in [-0.4, -0.2) is 26.2 Å². The van der Waals surface area contributed by atoms with Crippen LogP contribution in [0.2, 0.25) is 0 Å². The molecule has 1 rings (SSSR count). The summed E-state index contributed by atoms with van der Waals surface area (Å²) in [5.74, 6) is 0.822. The first kappa shape index (κ1) is 16.5. The SMILES string of the molecule is CCOc1ccccc1C(C)(NCC(C)C)C(=O)OC. The lowest BCUT2D eigenvalue weighted by Crippen LogP contribution is -2.48. The number of ether oxygens (including phenoxy) is 2. The Morgan fingerprint density at radius 3 is 2.55 bits per heavy atom. The summed E-state index contributed by atoms with van der Waals surface area (Å²) >= 11 is 0. The molecule has 0 spiro atoms. The van der Waals surface area contributed by atoms with Gasteiger partial charge in [0.25, 0.3) is 0 Å². The molecule has 112 valence electrons. The van der Waals surface area contributed by atoms with Crippen molar-refractivity contribution in [3.8, 4) is 5.75 Å². The standard InChI is InChI=1S/C16H25NO3/c1-6-20-14-10-8-7-9-13(14)16(4,15(18)19-5)17-11-12(2)3/h7-10,12,17H,6,11H2,1-5H3. The molecule has 0 aromatic heterocycles. The average Bonchev–Trinajstić information content (AvgIpc) is 2.44. The van der Waals surface area contributed by atoms with Crippen LogP contribution < -0.4 is 10.1 Å². The topological polar surface area (TPSA) is 47.6 Å². The predicted molar refractivity (Wildman–Crippen MR) is 79.8 cm³/mol. The summed E-state index contributed by atoms with van der Waals surface area (Å²) in [5, 5.41) is 3.31. The second kappa shape index (κ2) is 7.29. The molecular weight excluding hydrogens is 254 g/mol. The van der Waals surface area contributed by atoms with Gasteiger partial charge < -0.3 is 9.47 Å². The van der Waals surface area contributed by atoms with Crippen molar-refractivity contribution in [1.29, 1.82) is 0 Å². The van der Waals surface area contributed by atoms with Crippen LogP contribution >= 0.6 is 0 Å². The fraction of sp³-hybridized carbons (Fsp3) is 0.562. The van der Waals surface area contributed by atoms with Crippen LogP contribution in [0, 0.1) is 5.92 Å². The lowest BCUT2D eigenvalue weighted by molar-refractivity contribution is -0.148. The Morgan fingerprint density at radius 1 is 1.35 bits per heavy atom. The molecule has 0 aliphatic heterocycles. The summed E-state index contributed by atoms with van der Waals surface area (Å²) in [4.78, 5) is 12.3. The maximum Gasteiger partial charge on any atom is 0.330 e. The first-order valence-corrected chi connectivity index (χ1v) is 7.01. The molecule has 0 aliphatic rings. The van der Waals surface area contributed by atoms with Crippen molar-refractivity contribution in [3.05, 3.63) is 29.8 Å². The number of esters is 1. The number of methoxy groups -OCH3 is 1. The number of hydrogen-bond donors (Lipinski definition) is 1. The molecule has 0 saturated heterocycles. The summed E-state index contributed by atoms with van der Waals surface area (Å²) in [6.45, 7) is 9.22. The Kier molecular flexibility index (Phi) is 6.02. The van der Waals surface area contributed by atoms with Gasteiger partial charge in [0.05, 0.1) is 13.7 Å². The molecule has 0 amide bonds. The third-order valence-electron chi connectivity index (χ3n) is 3.18. The van der Waals surface area contributed by atoms with E-state index in [9.17, 15) is 4.79 Å². The highest BCUT2D eigenvalue weighted by Gasteiger charge is 2.38. The van der Waals surface area contributed by atoms with Crippen molar-refractivity contribution >= 4 is 5.97 Å². The van der Waals surface area contributed by atoms with Crippen LogP contribution in [-0.2, 0) is 15.1 Å². The highest BCUT2D eigenvalue weighted by Crippen LogP contribution is 2.31. The molecule has 1 N–H and O–H groups in total. The van der Waals surface area contributed by atoms with E-state index < -0.39 is 5.54 Å². The van der Waals surface area contributed by atoms with Crippen LogP contribution in [0.5, 0.6) is 5.75 Å². The van der Waals surface area contributed by atoms with Gasteiger partial charge in [0.15, 0.2) is 0 Å². The third kappa shape index (κ3) is 3.73. The lowest BCUT2D eigenvalue weighted by Gasteiger charge is -2.30. The van der Waals surface area contributed by atoms with Crippen LogP contribution in [0.1, 0.15) is 33.3 Å². The van der Waals surface area contributed by atoms with E-state index in [0.29, 0.717) is 24.8 Å². The largest absolute Gasteiger partial charge is 0.494 e. The molecular formula is C16H25NO3. The van der Waals surface area contributed by atoms with Gasteiger partial charge >= 0.3 is 5.97 Å². The van der Waals surface area contributed by atoms with Gasteiger partial charge in [-0.05, 0) is 32.4 Å². The minimum atomic E-state index is -0.912. The van der Waals surface area contributed by atoms with E-state index >= 15 is 0 Å². The maximum absolute atomic E-state index is 12.3. The van der Waals surface area contributed by atoms with Crippen molar-refractivity contribution in [2.45, 2.75) is 33.2 Å². The van der Waals surface area contributed by atoms with Crippen molar-refractivity contribution in [2.75, 3.05) is 20.3 Å². The average molecular weight is 279 g/mol. The smallest absolute Gasteiger partial charge is 0.330 e. The Morgan fingerprint density at radius 2 is 2.00 bits per heavy atom. The molecule has 0 aliphatic carbocycles. The zero-order valence-electron chi connectivity index (χ0n) is 13.0. The fourth-order valence-electron chi connectivity index (χ4n) is 2.05. The summed E-state index contributed by atoms with van der Waals surface area (Å²) in [5.41, 5.74) is -0.112. The minimum absolute atomic E-state index is 0.315. The Hall–Kier alpha value is -1.55. The van der Waals surface area contributed by atoms with Gasteiger partial charge in [0.1, 0.15) is 11.3 Å². The van der Waals surface area contributed by atoms with Crippen LogP contribution in [0.3, 0.4) is 0 Å². The molecule has 1 aromatic carbocycles. The molecule has 0 radical (unpaired) electrons. The lowest BCUT2D eigenvalue weighted by atomic mass is 9.90. The molecule has 0 heterocycles. The highest BCUT2D eigenvalue weighted by molar-refractivity contribution is 5.83. The zero-order chi connectivity index (χ0) is 15.2. The molecule has 1 unspecified atom stereocenters. The number of nitrogens with one attached hydrogen (secondary N) is 1. The van der Waals surface area contributed by atoms with Gasteiger partial charge in [-0.25, -0.2) is 4.79 Å². The number of benzene rings is 1. The molecule has 1 atom stereocenters. The second-order valence-corrected chi connectivity index (χ2v) is 5.32. The van der Waals surface area contributed by atoms with E-state index in [2.05, 4.69) is 19.2 Å². The molecule has 20 heavy (non-hydrogen) atoms. The Balaban J connectivity index is 3.19. The number of carbonyl (C=O) groups excluding carboxylic acids is 1. The van der Waals surface area contributed by atoms with E-state index in [0.717, 1.165) is 5.56 Å². The first-order chi connectivity index (χ1) is 9.45. The van der Waals surface area contributed by atoms with Crippen molar-refractivity contribution < 1.29 is 14.3 Å². The van der Waals surface area contributed by atoms with Crippen LogP contribution in [0.25, 0.3) is 0 Å². The van der Waals surface area contributed by atoms with Gasteiger partial charge in [-0.15, -0.1) is 0 Å². The van der Waals surface area contributed by atoms with E-state index in [1.165, 1.54) is 7.11 Å². The van der Waals surface area contributed by atoms with E-state index in [4.69, 9.17) is 9.47 Å². The van der Waals surface area contributed by atoms with Gasteiger partial charge in [0.2, 0.25) is 0 Å². The Labute approximate surface area is 121 Å². The summed E-state index contributed by atoms with van der Waals surface area (Å²) in [6, 6.07) is 7.57. The van der Waals surface area contributed by atoms with Gasteiger partial charge in [-0.2, -0.15) is 0 Å². The van der Waals surface area contributed by atoms with Crippen molar-refractivity contribution in [1.82, 2.24) is 5.32 Å². The van der Waals surface area contributed by atoms with Crippen molar-refractivity contribution in [3.63, 3.8) is 0 Å². The summed E-state index contributed by atoms with van der Waals surface area (Å²) in [6.07, 6.45) is 0. The number of rotatable bonds is 7. The van der Waals surface area contributed by atoms with Crippen LogP contribution in [0.4, 0.5) is 0 Å². The molecule has 0 bridgehead atoms. The predicted octanol–water partition coefficient (Wildman–Crippen LogP) is 2.72. The summed E-state index contributed by atoms with van der Waals surface area (Å²) in [7, 11) is 1.40. The van der Waals surface area contributed by atoms with E-state index in [1.54, 1.807) is 0 Å². The third-order valence-corrected chi connectivity index (χ3v) is 3.18. The number of hydrogen-bond acceptors (Lipinski definition) is 4. The molecule has 0 fully saturated rings. The minimum Gasteiger partial charge on any atom is -0.494 e. The highest BCUT2D eigenvalue weighted by atomic mass is 16.5. The normalized spacial score (nSPS) is 13.9. The quantitative estimate of drug-likeness (QED) is 0.780. The second-order valence-electron chi connectivity index (χ2n) is 5.32. The molecule has 4 nitrogen and oxygen atoms in total. The first-order valence-electron chi connectivity index (χ1n) is 7.01.